The molecule has 218 valence electrons. The van der Waals surface area contributed by atoms with E-state index in [0.717, 1.165) is 74.9 Å². The SMILES string of the molecule is COCOc1cc(-c2ncc3c(NCC4CCOCC4)nc(OC4=C5CCCN5CC4)nc3c2F)c2ccccc2c1. The maximum atomic E-state index is 16.6. The van der Waals surface area contributed by atoms with Gasteiger partial charge >= 0.3 is 6.01 Å². The van der Waals surface area contributed by atoms with Crippen LogP contribution in [0.5, 0.6) is 11.8 Å². The standard InChI is InChI=1S/C32H34FN5O4/c1-39-19-41-22-15-21-5-2-3-6-23(21)24(16-22)29-28(33)30-25(18-34-29)31(35-17-20-9-13-40-14-10-20)37-32(36-30)42-27-8-12-38-11-4-7-26(27)38/h2-3,5-6,15-16,18,20H,4,7-14,17,19H2,1H3,(H,35,36,37). The largest absolute Gasteiger partial charge is 0.468 e. The molecular weight excluding hydrogens is 537 g/mol. The maximum Gasteiger partial charge on any atom is 0.324 e. The highest BCUT2D eigenvalue weighted by Gasteiger charge is 2.29. The van der Waals surface area contributed by atoms with E-state index in [4.69, 9.17) is 23.9 Å². The number of pyridine rings is 1. The quantitative estimate of drug-likeness (QED) is 0.247. The Morgan fingerprint density at radius 1 is 1.07 bits per heavy atom. The van der Waals surface area contributed by atoms with Gasteiger partial charge in [0.25, 0.3) is 0 Å². The van der Waals surface area contributed by atoms with Crippen molar-refractivity contribution >= 4 is 27.5 Å². The van der Waals surface area contributed by atoms with Crippen LogP contribution in [0.4, 0.5) is 10.2 Å². The van der Waals surface area contributed by atoms with Gasteiger partial charge < -0.3 is 29.2 Å². The molecule has 0 amide bonds. The topological polar surface area (TPSA) is 90.9 Å². The Hall–Kier alpha value is -4.02. The van der Waals surface area contributed by atoms with Crippen molar-refractivity contribution in [3.8, 4) is 23.0 Å². The van der Waals surface area contributed by atoms with Crippen LogP contribution in [-0.2, 0) is 9.47 Å². The van der Waals surface area contributed by atoms with Crippen LogP contribution in [-0.4, -0.2) is 66.6 Å². The van der Waals surface area contributed by atoms with Gasteiger partial charge in [0.2, 0.25) is 0 Å². The molecular formula is C32H34FN5O4. The summed E-state index contributed by atoms with van der Waals surface area (Å²) < 4.78 is 39.3. The molecule has 2 saturated heterocycles. The zero-order valence-corrected chi connectivity index (χ0v) is 23.7. The third-order valence-corrected chi connectivity index (χ3v) is 8.37. The lowest BCUT2D eigenvalue weighted by Gasteiger charge is -2.23. The third-order valence-electron chi connectivity index (χ3n) is 8.37. The van der Waals surface area contributed by atoms with E-state index in [-0.39, 0.29) is 24.0 Å². The number of fused-ring (bicyclic) bond motifs is 3. The molecule has 0 unspecified atom stereocenters. The number of allylic oxidation sites excluding steroid dienone is 1. The Morgan fingerprint density at radius 2 is 1.95 bits per heavy atom. The third kappa shape index (κ3) is 5.20. The van der Waals surface area contributed by atoms with Crippen molar-refractivity contribution in [3.63, 3.8) is 0 Å². The van der Waals surface area contributed by atoms with E-state index in [1.165, 1.54) is 5.70 Å². The molecule has 3 aliphatic heterocycles. The minimum absolute atomic E-state index is 0.0801. The van der Waals surface area contributed by atoms with E-state index >= 15 is 4.39 Å². The highest BCUT2D eigenvalue weighted by molar-refractivity contribution is 5.99. The zero-order chi connectivity index (χ0) is 28.5. The Labute approximate surface area is 243 Å². The van der Waals surface area contributed by atoms with E-state index in [1.807, 2.05) is 30.3 Å². The van der Waals surface area contributed by atoms with Crippen LogP contribution in [0.1, 0.15) is 32.1 Å². The molecule has 5 heterocycles. The molecule has 0 saturated carbocycles. The van der Waals surface area contributed by atoms with E-state index in [0.29, 0.717) is 35.0 Å². The van der Waals surface area contributed by atoms with Gasteiger partial charge in [-0.1, -0.05) is 24.3 Å². The summed E-state index contributed by atoms with van der Waals surface area (Å²) in [6.07, 6.45) is 6.48. The number of ether oxygens (including phenoxy) is 4. The van der Waals surface area contributed by atoms with Crippen molar-refractivity contribution in [2.24, 2.45) is 5.92 Å². The number of hydrogen-bond donors (Lipinski definition) is 1. The highest BCUT2D eigenvalue weighted by atomic mass is 19.1. The molecule has 0 spiro atoms. The van der Waals surface area contributed by atoms with Gasteiger partial charge in [0, 0.05) is 58.1 Å². The van der Waals surface area contributed by atoms with Crippen molar-refractivity contribution in [2.45, 2.75) is 32.1 Å². The molecule has 0 aliphatic carbocycles. The van der Waals surface area contributed by atoms with Crippen molar-refractivity contribution in [2.75, 3.05) is 52.1 Å². The lowest BCUT2D eigenvalue weighted by Crippen LogP contribution is -2.23. The summed E-state index contributed by atoms with van der Waals surface area (Å²) in [6.45, 7) is 4.26. The van der Waals surface area contributed by atoms with Gasteiger partial charge in [0.05, 0.1) is 11.1 Å². The first-order valence-corrected chi connectivity index (χ1v) is 14.7. The molecule has 2 fully saturated rings. The molecule has 7 rings (SSSR count). The van der Waals surface area contributed by atoms with E-state index in [9.17, 15) is 0 Å². The summed E-state index contributed by atoms with van der Waals surface area (Å²) in [5, 5.41) is 5.74. The van der Waals surface area contributed by atoms with Crippen molar-refractivity contribution < 1.29 is 23.3 Å². The smallest absolute Gasteiger partial charge is 0.324 e. The monoisotopic (exact) mass is 571 g/mol. The Kier molecular flexibility index (Phi) is 7.48. The van der Waals surface area contributed by atoms with Gasteiger partial charge in [-0.2, -0.15) is 9.97 Å². The fourth-order valence-corrected chi connectivity index (χ4v) is 6.18. The van der Waals surface area contributed by atoms with Crippen LogP contribution in [0.3, 0.4) is 0 Å². The van der Waals surface area contributed by atoms with Gasteiger partial charge in [-0.25, -0.2) is 4.39 Å². The second-order valence-electron chi connectivity index (χ2n) is 11.0. The van der Waals surface area contributed by atoms with Crippen LogP contribution in [0.25, 0.3) is 32.9 Å². The summed E-state index contributed by atoms with van der Waals surface area (Å²) in [5.41, 5.74) is 2.18. The fraction of sp³-hybridized carbons (Fsp3) is 0.406. The number of rotatable bonds is 9. The molecule has 2 aromatic heterocycles. The number of hydrogen-bond acceptors (Lipinski definition) is 9. The number of methoxy groups -OCH3 is 1. The second-order valence-corrected chi connectivity index (χ2v) is 11.0. The Balaban J connectivity index is 1.32. The van der Waals surface area contributed by atoms with Crippen LogP contribution in [0.2, 0.25) is 0 Å². The van der Waals surface area contributed by atoms with E-state index in [2.05, 4.69) is 20.2 Å². The average molecular weight is 572 g/mol. The number of nitrogens with one attached hydrogen (secondary N) is 1. The molecule has 1 N–H and O–H groups in total. The van der Waals surface area contributed by atoms with Crippen LogP contribution in [0, 0.1) is 11.7 Å². The number of aromatic nitrogens is 3. The van der Waals surface area contributed by atoms with E-state index < -0.39 is 5.82 Å². The zero-order valence-electron chi connectivity index (χ0n) is 23.7. The van der Waals surface area contributed by atoms with Gasteiger partial charge in [0.15, 0.2) is 12.6 Å². The molecule has 42 heavy (non-hydrogen) atoms. The maximum absolute atomic E-state index is 16.6. The summed E-state index contributed by atoms with van der Waals surface area (Å²) in [7, 11) is 1.56. The molecule has 0 bridgehead atoms. The molecule has 0 atom stereocenters. The minimum atomic E-state index is -0.533. The van der Waals surface area contributed by atoms with E-state index in [1.54, 1.807) is 19.4 Å². The van der Waals surface area contributed by atoms with Crippen LogP contribution < -0.4 is 14.8 Å². The summed E-state index contributed by atoms with van der Waals surface area (Å²) in [5.74, 6) is 1.88. The first-order valence-electron chi connectivity index (χ1n) is 14.7. The predicted molar refractivity (Wildman–Crippen MR) is 158 cm³/mol. The predicted octanol–water partition coefficient (Wildman–Crippen LogP) is 5.90. The number of halogens is 1. The highest BCUT2D eigenvalue weighted by Crippen LogP contribution is 2.38. The van der Waals surface area contributed by atoms with Crippen molar-refractivity contribution in [3.05, 3.63) is 59.9 Å². The number of nitrogens with zero attached hydrogens (tertiary/aromatic N) is 4. The second kappa shape index (κ2) is 11.7. The van der Waals surface area contributed by atoms with Gasteiger partial charge in [-0.05, 0) is 54.5 Å². The van der Waals surface area contributed by atoms with Crippen LogP contribution in [0.15, 0.2) is 54.1 Å². The molecule has 10 heteroatoms. The lowest BCUT2D eigenvalue weighted by atomic mass is 10.00. The summed E-state index contributed by atoms with van der Waals surface area (Å²) in [6, 6.07) is 11.6. The number of benzene rings is 2. The Bertz CT molecular complexity index is 1660. The average Bonchev–Trinajstić information content (AvgIpc) is 3.65. The lowest BCUT2D eigenvalue weighted by molar-refractivity contribution is 0.0512. The van der Waals surface area contributed by atoms with Crippen molar-refractivity contribution in [1.82, 2.24) is 19.9 Å². The van der Waals surface area contributed by atoms with Crippen molar-refractivity contribution in [1.29, 1.82) is 0 Å². The Morgan fingerprint density at radius 3 is 2.83 bits per heavy atom. The van der Waals surface area contributed by atoms with Gasteiger partial charge in [0.1, 0.15) is 28.5 Å². The van der Waals surface area contributed by atoms with Gasteiger partial charge in [-0.15, -0.1) is 0 Å². The summed E-state index contributed by atoms with van der Waals surface area (Å²) in [4.78, 5) is 16.3. The minimum Gasteiger partial charge on any atom is -0.468 e. The molecule has 0 radical (unpaired) electrons. The molecule has 2 aromatic carbocycles. The normalized spacial score (nSPS) is 17.3. The molecule has 4 aromatic rings. The first-order chi connectivity index (χ1) is 20.7. The van der Waals surface area contributed by atoms with Crippen LogP contribution >= 0.6 is 0 Å². The number of anilines is 1. The molecule has 9 nitrogen and oxygen atoms in total. The first kappa shape index (κ1) is 26.9. The molecule has 3 aliphatic rings. The fourth-order valence-electron chi connectivity index (χ4n) is 6.18. The summed E-state index contributed by atoms with van der Waals surface area (Å²) >= 11 is 0. The van der Waals surface area contributed by atoms with Gasteiger partial charge in [-0.3, -0.25) is 4.98 Å².